The molecule has 0 bridgehead atoms. The molecule has 4 nitrogen and oxygen atoms in total. The van der Waals surface area contributed by atoms with Gasteiger partial charge in [0.2, 0.25) is 0 Å². The molecule has 0 aliphatic heterocycles. The van der Waals surface area contributed by atoms with Gasteiger partial charge in [-0.25, -0.2) is 0 Å². The van der Waals surface area contributed by atoms with Crippen LogP contribution in [-0.4, -0.2) is 10.9 Å². The molecule has 0 unspecified atom stereocenters. The molecule has 0 saturated heterocycles. The summed E-state index contributed by atoms with van der Waals surface area (Å²) in [5, 5.41) is 6.19. The molecule has 3 rings (SSSR count). The second-order valence-corrected chi connectivity index (χ2v) is 5.62. The summed E-state index contributed by atoms with van der Waals surface area (Å²) in [6, 6.07) is 19.0. The van der Waals surface area contributed by atoms with Gasteiger partial charge >= 0.3 is 0 Å². The zero-order valence-corrected chi connectivity index (χ0v) is 13.7. The van der Waals surface area contributed by atoms with Gasteiger partial charge < -0.3 is 10.6 Å². The van der Waals surface area contributed by atoms with Crippen LogP contribution in [0.5, 0.6) is 0 Å². The molecule has 2 N–H and O–H groups in total. The maximum atomic E-state index is 12.3. The second-order valence-electron chi connectivity index (χ2n) is 5.62. The number of hydrogen-bond acceptors (Lipinski definition) is 3. The summed E-state index contributed by atoms with van der Waals surface area (Å²) >= 11 is 0. The van der Waals surface area contributed by atoms with Crippen molar-refractivity contribution in [1.29, 1.82) is 0 Å². The Kier molecular flexibility index (Phi) is 4.57. The first-order valence-electron chi connectivity index (χ1n) is 7.79. The van der Waals surface area contributed by atoms with Gasteiger partial charge in [-0.15, -0.1) is 0 Å². The van der Waals surface area contributed by atoms with Gasteiger partial charge in [0, 0.05) is 23.3 Å². The van der Waals surface area contributed by atoms with Gasteiger partial charge in [0.1, 0.15) is 5.69 Å². The molecule has 0 spiro atoms. The van der Waals surface area contributed by atoms with Gasteiger partial charge in [-0.2, -0.15) is 0 Å². The molecular weight excluding hydrogens is 298 g/mol. The maximum Gasteiger partial charge on any atom is 0.274 e. The fourth-order valence-corrected chi connectivity index (χ4v) is 2.39. The van der Waals surface area contributed by atoms with E-state index in [0.29, 0.717) is 5.69 Å². The van der Waals surface area contributed by atoms with Crippen LogP contribution >= 0.6 is 0 Å². The monoisotopic (exact) mass is 317 g/mol. The lowest BCUT2D eigenvalue weighted by Crippen LogP contribution is -2.13. The van der Waals surface area contributed by atoms with Gasteiger partial charge in [-0.3, -0.25) is 9.78 Å². The predicted molar refractivity (Wildman–Crippen MR) is 97.8 cm³/mol. The highest BCUT2D eigenvalue weighted by atomic mass is 16.1. The van der Waals surface area contributed by atoms with E-state index in [1.54, 1.807) is 12.3 Å². The van der Waals surface area contributed by atoms with Crippen molar-refractivity contribution in [1.82, 2.24) is 4.98 Å². The number of nitrogens with one attached hydrogen (secondary N) is 2. The van der Waals surface area contributed by atoms with Crippen LogP contribution in [0.3, 0.4) is 0 Å². The summed E-state index contributed by atoms with van der Waals surface area (Å²) in [4.78, 5) is 16.5. The number of nitrogens with zero attached hydrogens (tertiary/aromatic N) is 1. The van der Waals surface area contributed by atoms with Crippen molar-refractivity contribution >= 4 is 23.0 Å². The molecule has 1 amide bonds. The first-order chi connectivity index (χ1) is 11.6. The molecule has 120 valence electrons. The van der Waals surface area contributed by atoms with Gasteiger partial charge in [0.05, 0.1) is 0 Å². The number of amides is 1. The SMILES string of the molecule is Cc1cccc(Nc2ccnc(C(=O)Nc3ccccc3)c2)c1C. The Bertz CT molecular complexity index is 860. The minimum absolute atomic E-state index is 0.231. The first-order valence-corrected chi connectivity index (χ1v) is 7.79. The van der Waals surface area contributed by atoms with Crippen molar-refractivity contribution in [2.45, 2.75) is 13.8 Å². The highest BCUT2D eigenvalue weighted by Gasteiger charge is 2.09. The minimum Gasteiger partial charge on any atom is -0.355 e. The van der Waals surface area contributed by atoms with E-state index in [1.807, 2.05) is 48.5 Å². The Labute approximate surface area is 141 Å². The van der Waals surface area contributed by atoms with Crippen LogP contribution < -0.4 is 10.6 Å². The van der Waals surface area contributed by atoms with Crippen molar-refractivity contribution < 1.29 is 4.79 Å². The molecule has 4 heteroatoms. The van der Waals surface area contributed by atoms with Crippen LogP contribution in [0.25, 0.3) is 0 Å². The Morgan fingerprint density at radius 1 is 0.917 bits per heavy atom. The van der Waals surface area contributed by atoms with Crippen LogP contribution in [0.15, 0.2) is 66.9 Å². The number of aromatic nitrogens is 1. The Morgan fingerprint density at radius 3 is 2.50 bits per heavy atom. The lowest BCUT2D eigenvalue weighted by Gasteiger charge is -2.12. The molecule has 0 fully saturated rings. The van der Waals surface area contributed by atoms with Gasteiger partial charge in [0.15, 0.2) is 0 Å². The fraction of sp³-hybridized carbons (Fsp3) is 0.100. The molecule has 2 aromatic carbocycles. The third-order valence-electron chi connectivity index (χ3n) is 3.91. The number of para-hydroxylation sites is 1. The van der Waals surface area contributed by atoms with Crippen LogP contribution in [0.4, 0.5) is 17.1 Å². The third-order valence-corrected chi connectivity index (χ3v) is 3.91. The van der Waals surface area contributed by atoms with Crippen molar-refractivity contribution in [3.8, 4) is 0 Å². The number of aryl methyl sites for hydroxylation is 1. The number of carbonyl (C=O) groups is 1. The van der Waals surface area contributed by atoms with Crippen molar-refractivity contribution in [3.05, 3.63) is 83.7 Å². The normalized spacial score (nSPS) is 10.2. The quantitative estimate of drug-likeness (QED) is 0.733. The molecule has 0 atom stereocenters. The van der Waals surface area contributed by atoms with E-state index in [1.165, 1.54) is 11.1 Å². The lowest BCUT2D eigenvalue weighted by atomic mass is 10.1. The zero-order chi connectivity index (χ0) is 16.9. The number of anilines is 3. The average Bonchev–Trinajstić information content (AvgIpc) is 2.60. The number of rotatable bonds is 4. The Hall–Kier alpha value is -3.14. The van der Waals surface area contributed by atoms with Crippen LogP contribution in [0.2, 0.25) is 0 Å². The van der Waals surface area contributed by atoms with Crippen LogP contribution in [0, 0.1) is 13.8 Å². The highest BCUT2D eigenvalue weighted by Crippen LogP contribution is 2.23. The van der Waals surface area contributed by atoms with E-state index in [4.69, 9.17) is 0 Å². The van der Waals surface area contributed by atoms with Crippen molar-refractivity contribution in [2.75, 3.05) is 10.6 Å². The molecule has 24 heavy (non-hydrogen) atoms. The summed E-state index contributed by atoms with van der Waals surface area (Å²) < 4.78 is 0. The first kappa shape index (κ1) is 15.7. The van der Waals surface area contributed by atoms with Crippen molar-refractivity contribution in [2.24, 2.45) is 0 Å². The van der Waals surface area contributed by atoms with Crippen LogP contribution in [0.1, 0.15) is 21.6 Å². The number of hydrogen-bond donors (Lipinski definition) is 2. The van der Waals surface area contributed by atoms with E-state index in [0.717, 1.165) is 17.1 Å². The molecule has 0 aliphatic rings. The van der Waals surface area contributed by atoms with Crippen molar-refractivity contribution in [3.63, 3.8) is 0 Å². The summed E-state index contributed by atoms with van der Waals surface area (Å²) in [6.07, 6.45) is 1.63. The number of benzene rings is 2. The van der Waals surface area contributed by atoms with E-state index in [9.17, 15) is 4.79 Å². The van der Waals surface area contributed by atoms with E-state index in [2.05, 4.69) is 35.5 Å². The minimum atomic E-state index is -0.231. The molecule has 1 aromatic heterocycles. The standard InChI is InChI=1S/C20H19N3O/c1-14-7-6-10-18(15(14)2)22-17-11-12-21-19(13-17)20(24)23-16-8-4-3-5-9-16/h3-13H,1-2H3,(H,21,22)(H,23,24). The summed E-state index contributed by atoms with van der Waals surface area (Å²) in [6.45, 7) is 4.15. The summed E-state index contributed by atoms with van der Waals surface area (Å²) in [5.41, 5.74) is 5.37. The van der Waals surface area contributed by atoms with Gasteiger partial charge in [0.25, 0.3) is 5.91 Å². The average molecular weight is 317 g/mol. The van der Waals surface area contributed by atoms with E-state index < -0.39 is 0 Å². The third kappa shape index (κ3) is 3.60. The van der Waals surface area contributed by atoms with Crippen LogP contribution in [-0.2, 0) is 0 Å². The topological polar surface area (TPSA) is 54.0 Å². The smallest absolute Gasteiger partial charge is 0.274 e. The summed E-state index contributed by atoms with van der Waals surface area (Å²) in [5.74, 6) is -0.231. The fourth-order valence-electron chi connectivity index (χ4n) is 2.39. The maximum absolute atomic E-state index is 12.3. The summed E-state index contributed by atoms with van der Waals surface area (Å²) in [7, 11) is 0. The van der Waals surface area contributed by atoms with E-state index in [-0.39, 0.29) is 5.91 Å². The zero-order valence-electron chi connectivity index (χ0n) is 13.7. The molecule has 1 heterocycles. The van der Waals surface area contributed by atoms with Gasteiger partial charge in [-0.05, 0) is 55.3 Å². The second kappa shape index (κ2) is 6.96. The number of pyridine rings is 1. The van der Waals surface area contributed by atoms with E-state index >= 15 is 0 Å². The molecule has 0 radical (unpaired) electrons. The molecular formula is C20H19N3O. The predicted octanol–water partition coefficient (Wildman–Crippen LogP) is 4.69. The highest BCUT2D eigenvalue weighted by molar-refractivity contribution is 6.03. The largest absolute Gasteiger partial charge is 0.355 e. The number of carbonyl (C=O) groups excluding carboxylic acids is 1. The van der Waals surface area contributed by atoms with Gasteiger partial charge in [-0.1, -0.05) is 30.3 Å². The Balaban J connectivity index is 1.79. The molecule has 0 aliphatic carbocycles. The molecule has 0 saturated carbocycles. The lowest BCUT2D eigenvalue weighted by molar-refractivity contribution is 0.102. The molecule has 3 aromatic rings. The Morgan fingerprint density at radius 2 is 1.71 bits per heavy atom.